The number of ether oxygens (including phenoxy) is 1. The molecule has 0 spiro atoms. The fraction of sp³-hybridized carbons (Fsp3) is 0.188. The summed E-state index contributed by atoms with van der Waals surface area (Å²) >= 11 is 0. The van der Waals surface area contributed by atoms with Crippen LogP contribution in [0, 0.1) is 6.92 Å². The van der Waals surface area contributed by atoms with Gasteiger partial charge in [0.1, 0.15) is 5.75 Å². The zero-order chi connectivity index (χ0) is 14.5. The highest BCUT2D eigenvalue weighted by atomic mass is 16.5. The molecule has 0 atom stereocenters. The van der Waals surface area contributed by atoms with Crippen LogP contribution in [0.15, 0.2) is 42.5 Å². The van der Waals surface area contributed by atoms with E-state index in [-0.39, 0.29) is 5.91 Å². The fourth-order valence-corrected chi connectivity index (χ4v) is 1.88. The second-order valence-corrected chi connectivity index (χ2v) is 4.43. The van der Waals surface area contributed by atoms with Crippen molar-refractivity contribution in [2.75, 3.05) is 17.7 Å². The molecule has 0 aliphatic heterocycles. The van der Waals surface area contributed by atoms with Crippen molar-refractivity contribution in [2.24, 2.45) is 0 Å². The van der Waals surface area contributed by atoms with Gasteiger partial charge in [-0.05, 0) is 49.7 Å². The van der Waals surface area contributed by atoms with Crippen molar-refractivity contribution in [2.45, 2.75) is 13.8 Å². The molecule has 0 radical (unpaired) electrons. The second kappa shape index (κ2) is 6.10. The van der Waals surface area contributed by atoms with Gasteiger partial charge in [0.2, 0.25) is 0 Å². The standard InChI is InChI=1S/C16H18N2O2/c1-3-20-13-7-4-6-12(10-13)16(19)18-15-9-5-8-14(17)11(15)2/h4-10H,3,17H2,1-2H3,(H,18,19). The normalized spacial score (nSPS) is 10.1. The number of carbonyl (C=O) groups excluding carboxylic acids is 1. The van der Waals surface area contributed by atoms with E-state index < -0.39 is 0 Å². The lowest BCUT2D eigenvalue weighted by molar-refractivity contribution is 0.102. The van der Waals surface area contributed by atoms with Crippen molar-refractivity contribution in [1.29, 1.82) is 0 Å². The molecule has 104 valence electrons. The van der Waals surface area contributed by atoms with Crippen molar-refractivity contribution in [3.63, 3.8) is 0 Å². The van der Waals surface area contributed by atoms with Gasteiger partial charge in [-0.25, -0.2) is 0 Å². The van der Waals surface area contributed by atoms with E-state index in [2.05, 4.69) is 5.32 Å². The molecule has 4 nitrogen and oxygen atoms in total. The molecule has 3 N–H and O–H groups in total. The smallest absolute Gasteiger partial charge is 0.255 e. The third kappa shape index (κ3) is 3.09. The van der Waals surface area contributed by atoms with Crippen molar-refractivity contribution in [3.8, 4) is 5.75 Å². The van der Waals surface area contributed by atoms with Gasteiger partial charge in [0.05, 0.1) is 6.61 Å². The second-order valence-electron chi connectivity index (χ2n) is 4.43. The number of carbonyl (C=O) groups is 1. The minimum Gasteiger partial charge on any atom is -0.494 e. The van der Waals surface area contributed by atoms with E-state index >= 15 is 0 Å². The topological polar surface area (TPSA) is 64.3 Å². The molecule has 2 aromatic carbocycles. The van der Waals surface area contributed by atoms with Crippen LogP contribution < -0.4 is 15.8 Å². The molecule has 0 aliphatic carbocycles. The highest BCUT2D eigenvalue weighted by Crippen LogP contribution is 2.22. The molecule has 1 amide bonds. The number of nitrogen functional groups attached to an aromatic ring is 1. The molecule has 0 saturated heterocycles. The minimum atomic E-state index is -0.180. The predicted octanol–water partition coefficient (Wildman–Crippen LogP) is 3.23. The average molecular weight is 270 g/mol. The van der Waals surface area contributed by atoms with Gasteiger partial charge in [0.25, 0.3) is 5.91 Å². The number of hydrogen-bond donors (Lipinski definition) is 2. The first-order valence-electron chi connectivity index (χ1n) is 6.51. The van der Waals surface area contributed by atoms with E-state index in [9.17, 15) is 4.79 Å². The average Bonchev–Trinajstić information content (AvgIpc) is 2.44. The van der Waals surface area contributed by atoms with Crippen LogP contribution in [0.25, 0.3) is 0 Å². The number of nitrogens with one attached hydrogen (secondary N) is 1. The molecular formula is C16H18N2O2. The number of anilines is 2. The molecule has 2 aromatic rings. The van der Waals surface area contributed by atoms with Gasteiger partial charge in [-0.15, -0.1) is 0 Å². The summed E-state index contributed by atoms with van der Waals surface area (Å²) in [5, 5.41) is 2.86. The van der Waals surface area contributed by atoms with Gasteiger partial charge in [0.15, 0.2) is 0 Å². The Hall–Kier alpha value is -2.49. The van der Waals surface area contributed by atoms with Crippen LogP contribution >= 0.6 is 0 Å². The largest absolute Gasteiger partial charge is 0.494 e. The van der Waals surface area contributed by atoms with Gasteiger partial charge >= 0.3 is 0 Å². The highest BCUT2D eigenvalue weighted by molar-refractivity contribution is 6.05. The molecule has 0 fully saturated rings. The lowest BCUT2D eigenvalue weighted by Crippen LogP contribution is -2.13. The summed E-state index contributed by atoms with van der Waals surface area (Å²) in [5.74, 6) is 0.504. The SMILES string of the molecule is CCOc1cccc(C(=O)Nc2cccc(N)c2C)c1. The maximum atomic E-state index is 12.2. The monoisotopic (exact) mass is 270 g/mol. The first-order valence-corrected chi connectivity index (χ1v) is 6.51. The molecule has 0 saturated carbocycles. The van der Waals surface area contributed by atoms with Crippen LogP contribution in [-0.2, 0) is 0 Å². The Morgan fingerprint density at radius 2 is 2.00 bits per heavy atom. The first kappa shape index (κ1) is 13.9. The molecule has 2 rings (SSSR count). The van der Waals surface area contributed by atoms with Gasteiger partial charge in [0, 0.05) is 16.9 Å². The lowest BCUT2D eigenvalue weighted by atomic mass is 10.1. The van der Waals surface area contributed by atoms with Crippen LogP contribution in [0.2, 0.25) is 0 Å². The molecule has 0 unspecified atom stereocenters. The predicted molar refractivity (Wildman–Crippen MR) is 81.2 cm³/mol. The van der Waals surface area contributed by atoms with Gasteiger partial charge in [-0.1, -0.05) is 12.1 Å². The highest BCUT2D eigenvalue weighted by Gasteiger charge is 2.09. The lowest BCUT2D eigenvalue weighted by Gasteiger charge is -2.11. The van der Waals surface area contributed by atoms with E-state index in [4.69, 9.17) is 10.5 Å². The van der Waals surface area contributed by atoms with E-state index in [1.54, 1.807) is 24.3 Å². The summed E-state index contributed by atoms with van der Waals surface area (Å²) in [6.45, 7) is 4.35. The summed E-state index contributed by atoms with van der Waals surface area (Å²) in [4.78, 5) is 12.2. The van der Waals surface area contributed by atoms with E-state index in [1.807, 2.05) is 32.0 Å². The molecular weight excluding hydrogens is 252 g/mol. The van der Waals surface area contributed by atoms with E-state index in [0.29, 0.717) is 23.6 Å². The third-order valence-electron chi connectivity index (χ3n) is 3.03. The Bertz CT molecular complexity index is 624. The maximum absolute atomic E-state index is 12.2. The maximum Gasteiger partial charge on any atom is 0.255 e. The zero-order valence-electron chi connectivity index (χ0n) is 11.6. The van der Waals surface area contributed by atoms with Crippen molar-refractivity contribution < 1.29 is 9.53 Å². The van der Waals surface area contributed by atoms with Crippen LogP contribution in [-0.4, -0.2) is 12.5 Å². The minimum absolute atomic E-state index is 0.180. The molecule has 0 aliphatic rings. The van der Waals surface area contributed by atoms with Crippen molar-refractivity contribution >= 4 is 17.3 Å². The Labute approximate surface area is 118 Å². The Morgan fingerprint density at radius 3 is 2.75 bits per heavy atom. The van der Waals surface area contributed by atoms with Gasteiger partial charge in [-0.2, -0.15) is 0 Å². The van der Waals surface area contributed by atoms with Crippen LogP contribution in [0.3, 0.4) is 0 Å². The summed E-state index contributed by atoms with van der Waals surface area (Å²) in [6.07, 6.45) is 0. The third-order valence-corrected chi connectivity index (χ3v) is 3.03. The van der Waals surface area contributed by atoms with Crippen LogP contribution in [0.5, 0.6) is 5.75 Å². The number of hydrogen-bond acceptors (Lipinski definition) is 3. The van der Waals surface area contributed by atoms with Crippen molar-refractivity contribution in [1.82, 2.24) is 0 Å². The summed E-state index contributed by atoms with van der Waals surface area (Å²) in [5.41, 5.74) is 8.62. The molecule has 4 heteroatoms. The van der Waals surface area contributed by atoms with Gasteiger partial charge in [-0.3, -0.25) is 4.79 Å². The summed E-state index contributed by atoms with van der Waals surface area (Å²) < 4.78 is 5.39. The fourth-order valence-electron chi connectivity index (χ4n) is 1.88. The Balaban J connectivity index is 2.19. The molecule has 20 heavy (non-hydrogen) atoms. The van der Waals surface area contributed by atoms with E-state index in [1.165, 1.54) is 0 Å². The van der Waals surface area contributed by atoms with Crippen molar-refractivity contribution in [3.05, 3.63) is 53.6 Å². The first-order chi connectivity index (χ1) is 9.61. The Morgan fingerprint density at radius 1 is 1.25 bits per heavy atom. The van der Waals surface area contributed by atoms with E-state index in [0.717, 1.165) is 11.3 Å². The molecule has 0 bridgehead atoms. The van der Waals surface area contributed by atoms with Crippen LogP contribution in [0.1, 0.15) is 22.8 Å². The Kier molecular flexibility index (Phi) is 4.25. The number of amides is 1. The molecule has 0 aromatic heterocycles. The zero-order valence-corrected chi connectivity index (χ0v) is 11.6. The molecule has 0 heterocycles. The number of rotatable bonds is 4. The number of benzene rings is 2. The quantitative estimate of drug-likeness (QED) is 0.838. The van der Waals surface area contributed by atoms with Crippen LogP contribution in [0.4, 0.5) is 11.4 Å². The summed E-state index contributed by atoms with van der Waals surface area (Å²) in [6, 6.07) is 12.5. The van der Waals surface area contributed by atoms with Gasteiger partial charge < -0.3 is 15.8 Å². The number of nitrogens with two attached hydrogens (primary N) is 1. The summed E-state index contributed by atoms with van der Waals surface area (Å²) in [7, 11) is 0.